The molecule has 4 aliphatic heterocycles. The van der Waals surface area contributed by atoms with Crippen LogP contribution < -0.4 is 15.1 Å². The van der Waals surface area contributed by atoms with Crippen LogP contribution in [0.3, 0.4) is 0 Å². The zero-order valence-corrected chi connectivity index (χ0v) is 68.2. The first-order valence-electron chi connectivity index (χ1n) is 31.5. The van der Waals surface area contributed by atoms with Crippen molar-refractivity contribution in [3.63, 3.8) is 0 Å². The summed E-state index contributed by atoms with van der Waals surface area (Å²) in [4.78, 5) is 47.5. The number of hydrogen-bond acceptors (Lipinski definition) is 10. The number of aryl methyl sites for hydroxylation is 2. The van der Waals surface area contributed by atoms with E-state index in [0.29, 0.717) is 44.4 Å². The van der Waals surface area contributed by atoms with Crippen molar-refractivity contribution in [3.05, 3.63) is 104 Å². The SMILES string of the molecule is C.C#CC#CC#CC#CC#CC#CC#CC#CC#CC#CC#CC#CC#CC#CC#CC#CC#CC#CC#CC#CC#C.CCOC(=O)CC1CN(c2cccnc2)C1.Cc1nc2c(c(C)c1Cl)CN(C(=O)CC1CN(c3cccnc3)C1)C2.Cc1nc2c(c(C)c1Cl)CNC2.PP(P)P(P)P.[CH3][Al]([CH3])[CH3]. The van der Waals surface area contributed by atoms with Crippen molar-refractivity contribution in [2.45, 2.75) is 98.4 Å². The van der Waals surface area contributed by atoms with E-state index in [1.807, 2.05) is 63.2 Å². The number of carbonyl (C=O) groups is 2. The molecule has 11 nitrogen and oxygen atoms in total. The average Bonchev–Trinajstić information content (AvgIpc) is 1.62. The van der Waals surface area contributed by atoms with Crippen molar-refractivity contribution in [1.82, 2.24) is 30.2 Å². The summed E-state index contributed by atoms with van der Waals surface area (Å²) in [5.74, 6) is 106. The molecule has 4 unspecified atom stereocenters. The molecule has 106 heavy (non-hydrogen) atoms. The number of fused-ring (bicyclic) bond motifs is 2. The standard InChI is InChI=1S/C42H2.C19H21ClN4O.C12H16N2O2.C9H11ClN2.CH4.3CH3.Al.H8P6/c1-3-5-7-9-11-13-15-17-19-21-23-25-27-29-31-33-35-37-39-41-42-40-38-36-34-32-30-28-26-24-22-20-18-16-14-12-10-8-6-4-2;1-12-16-10-24(11-17(16)22-13(2)19(12)20)18(25)6-14-8-23(9-14)15-4-3-5-21-7-15;1-2-16-12(15)6-10-8-14(9-10)11-4-3-5-13-7-11;1-5-7-3-11-4-8(7)12-6(2)9(5)10;;;;;;1-5(2)6(3)4/h1-2H;3-5,7,14H,6,8-11H2,1-2H3;3-5,7,10H,2,6,8-9H2,1H3;11H,3-4H2,1-2H3;1H4;3*1H3;;1-4H2. The lowest BCUT2D eigenvalue weighted by atomic mass is 9.95. The summed E-state index contributed by atoms with van der Waals surface area (Å²) in [7, 11) is 11.2. The van der Waals surface area contributed by atoms with Crippen LogP contribution in [-0.2, 0) is 40.5 Å². The number of amides is 1. The van der Waals surface area contributed by atoms with Crippen LogP contribution in [0.4, 0.5) is 11.4 Å². The fraction of sp³-hybridized carbons (Fsp3) is 0.256. The Morgan fingerprint density at radius 1 is 0.509 bits per heavy atom. The minimum absolute atomic E-state index is 0. The molecule has 0 radical (unpaired) electrons. The monoisotopic (exact) mass is 1550 g/mol. The summed E-state index contributed by atoms with van der Waals surface area (Å²) in [6, 6.07) is 7.96. The first-order chi connectivity index (χ1) is 50.8. The molecule has 0 aliphatic carbocycles. The molecule has 4 atom stereocenters. The van der Waals surface area contributed by atoms with Crippen LogP contribution in [0.15, 0.2) is 49.1 Å². The zero-order chi connectivity index (χ0) is 76.7. The van der Waals surface area contributed by atoms with Gasteiger partial charge in [0, 0.05) is 219 Å². The molecular formula is C86H71AlCl2N8O3P6. The van der Waals surface area contributed by atoms with E-state index in [-0.39, 0.29) is 47.4 Å². The number of terminal acetylenes is 2. The van der Waals surface area contributed by atoms with E-state index >= 15 is 0 Å². The molecule has 4 aliphatic rings. The molecule has 0 spiro atoms. The molecule has 4 aromatic heterocycles. The molecule has 2 saturated heterocycles. The van der Waals surface area contributed by atoms with E-state index in [4.69, 9.17) is 40.8 Å². The predicted molar refractivity (Wildman–Crippen MR) is 456 cm³/mol. The lowest BCUT2D eigenvalue weighted by molar-refractivity contribution is -0.144. The Labute approximate surface area is 656 Å². The summed E-state index contributed by atoms with van der Waals surface area (Å²) in [6.07, 6.45) is 18.2. The van der Waals surface area contributed by atoms with Crippen molar-refractivity contribution in [1.29, 1.82) is 0 Å². The molecule has 4 aromatic rings. The number of esters is 1. The predicted octanol–water partition coefficient (Wildman–Crippen LogP) is 11.9. The number of nitrogens with one attached hydrogen (secondary N) is 1. The summed E-state index contributed by atoms with van der Waals surface area (Å²) in [5.41, 5.74) is 10.9. The number of halogens is 2. The normalized spacial score (nSPS) is 10.4. The number of rotatable bonds is 8. The molecule has 0 bridgehead atoms. The van der Waals surface area contributed by atoms with Gasteiger partial charge in [-0.05, 0) is 190 Å². The van der Waals surface area contributed by atoms with Gasteiger partial charge < -0.3 is 24.8 Å². The number of anilines is 2. The Hall–Kier alpha value is -10.4. The first kappa shape index (κ1) is 91.6. The highest BCUT2D eigenvalue weighted by atomic mass is 35.5. The van der Waals surface area contributed by atoms with Gasteiger partial charge in [0.2, 0.25) is 5.91 Å². The number of carbonyl (C=O) groups excluding carboxylic acids is 2. The van der Waals surface area contributed by atoms with Crippen molar-refractivity contribution in [3.8, 4) is 250 Å². The summed E-state index contributed by atoms with van der Waals surface area (Å²) in [6.45, 7) is 17.3. The number of aromatic nitrogens is 4. The van der Waals surface area contributed by atoms with Crippen LogP contribution in [0.1, 0.15) is 72.2 Å². The fourth-order valence-electron chi connectivity index (χ4n) is 8.44. The largest absolute Gasteiger partial charge is 0.466 e. The van der Waals surface area contributed by atoms with E-state index in [9.17, 15) is 9.59 Å². The maximum Gasteiger partial charge on any atom is 0.306 e. The molecule has 0 aromatic carbocycles. The second-order valence-electron chi connectivity index (χ2n) is 21.7. The van der Waals surface area contributed by atoms with Crippen LogP contribution in [0.2, 0.25) is 27.4 Å². The second-order valence-corrected chi connectivity index (χ2v) is 45.7. The van der Waals surface area contributed by atoms with E-state index in [1.54, 1.807) is 12.4 Å². The second kappa shape index (κ2) is 56.9. The Morgan fingerprint density at radius 2 is 0.821 bits per heavy atom. The average molecular weight is 1550 g/mol. The number of hydrogen-bond donors (Lipinski definition) is 1. The molecule has 2 fully saturated rings. The van der Waals surface area contributed by atoms with Crippen LogP contribution in [0.5, 0.6) is 0 Å². The van der Waals surface area contributed by atoms with Crippen LogP contribution in [0, 0.1) is 289 Å². The van der Waals surface area contributed by atoms with Gasteiger partial charge in [0.1, 0.15) is 0 Å². The van der Waals surface area contributed by atoms with Gasteiger partial charge in [-0.1, -0.05) is 30.6 Å². The van der Waals surface area contributed by atoms with Crippen LogP contribution >= 0.6 is 72.9 Å². The van der Waals surface area contributed by atoms with Gasteiger partial charge in [0.15, 0.2) is 0 Å². The third-order valence-electron chi connectivity index (χ3n) is 13.0. The van der Waals surface area contributed by atoms with Crippen LogP contribution in [-0.4, -0.2) is 83.6 Å². The number of ether oxygens (including phenoxy) is 1. The minimum Gasteiger partial charge on any atom is -0.466 e. The third kappa shape index (κ3) is 40.0. The molecule has 8 rings (SSSR count). The Kier molecular flexibility index (Phi) is 49.2. The van der Waals surface area contributed by atoms with Crippen molar-refractivity contribution >= 4 is 110 Å². The molecule has 1 amide bonds. The van der Waals surface area contributed by atoms with E-state index in [0.717, 1.165) is 94.6 Å². The van der Waals surface area contributed by atoms with Gasteiger partial charge in [0.25, 0.3) is 14.1 Å². The number of nitrogens with zero attached hydrogens (tertiary/aromatic N) is 7. The fourth-order valence-corrected chi connectivity index (χ4v) is 8.75. The molecule has 20 heteroatoms. The minimum atomic E-state index is -0.139. The quantitative estimate of drug-likeness (QED) is 0.0791. The molecular weight excluding hydrogens is 1480 g/mol. The first-order valence-corrected chi connectivity index (χ1v) is 45.6. The highest BCUT2D eigenvalue weighted by Crippen LogP contribution is 2.86. The van der Waals surface area contributed by atoms with Crippen molar-refractivity contribution < 1.29 is 14.3 Å². The van der Waals surface area contributed by atoms with Gasteiger partial charge in [-0.2, -0.15) is 0 Å². The van der Waals surface area contributed by atoms with Gasteiger partial charge >= 0.3 is 5.97 Å². The lowest BCUT2D eigenvalue weighted by Crippen LogP contribution is -2.48. The van der Waals surface area contributed by atoms with Gasteiger partial charge in [0.05, 0.1) is 76.2 Å². The summed E-state index contributed by atoms with van der Waals surface area (Å²) in [5, 5.41) is 4.80. The van der Waals surface area contributed by atoms with E-state index in [1.165, 1.54) is 11.1 Å². The Morgan fingerprint density at radius 3 is 1.12 bits per heavy atom. The maximum atomic E-state index is 12.7. The lowest BCUT2D eigenvalue weighted by Gasteiger charge is -2.41. The number of pyridine rings is 4. The topological polar surface area (TPSA) is 117 Å². The summed E-state index contributed by atoms with van der Waals surface area (Å²) >= 11 is 12.2. The van der Waals surface area contributed by atoms with E-state index in [2.05, 4.69) is 338 Å². The van der Waals surface area contributed by atoms with Crippen LogP contribution in [0.25, 0.3) is 0 Å². The highest BCUT2D eigenvalue weighted by molar-refractivity contribution is 8.92. The molecule has 0 saturated carbocycles. The van der Waals surface area contributed by atoms with Crippen molar-refractivity contribution in [2.24, 2.45) is 11.8 Å². The molecule has 1 N–H and O–H groups in total. The summed E-state index contributed by atoms with van der Waals surface area (Å²) < 4.78 is 4.92. The van der Waals surface area contributed by atoms with E-state index < -0.39 is 0 Å². The third-order valence-corrected chi connectivity index (χ3v) is 35.5. The Balaban J connectivity index is 0.000000497. The smallest absolute Gasteiger partial charge is 0.306 e. The van der Waals surface area contributed by atoms with Gasteiger partial charge in [-0.3, -0.25) is 29.5 Å². The highest BCUT2D eigenvalue weighted by Gasteiger charge is 2.34. The maximum absolute atomic E-state index is 12.7. The van der Waals surface area contributed by atoms with Gasteiger partial charge in [-0.15, -0.1) is 65.9 Å². The Bertz CT molecular complexity index is 5050. The van der Waals surface area contributed by atoms with Gasteiger partial charge in [-0.25, -0.2) is 0 Å². The van der Waals surface area contributed by atoms with Crippen molar-refractivity contribution in [2.75, 3.05) is 42.6 Å². The molecule has 520 valence electrons. The molecule has 8 heterocycles. The zero-order valence-electron chi connectivity index (χ0n) is 59.1.